The van der Waals surface area contributed by atoms with Gasteiger partial charge in [0.2, 0.25) is 0 Å². The number of ether oxygens (including phenoxy) is 3. The van der Waals surface area contributed by atoms with Crippen molar-refractivity contribution in [1.82, 2.24) is 0 Å². The third kappa shape index (κ3) is 4.01. The van der Waals surface area contributed by atoms with Crippen LogP contribution in [0.3, 0.4) is 0 Å². The Morgan fingerprint density at radius 1 is 0.696 bits per heavy atom. The monoisotopic (exact) mass is 338 g/mol. The van der Waals surface area contributed by atoms with E-state index in [2.05, 4.69) is 0 Å². The minimum Gasteiger partial charge on any atom is -0.388 e. The zero-order chi connectivity index (χ0) is 17.3. The third-order valence-corrected chi connectivity index (χ3v) is 4.44. The van der Waals surface area contributed by atoms with Crippen LogP contribution in [0.25, 0.3) is 0 Å². The summed E-state index contributed by atoms with van der Waals surface area (Å²) in [5.41, 5.74) is 0. The summed E-state index contributed by atoms with van der Waals surface area (Å²) < 4.78 is 16.1. The Balaban J connectivity index is 1.82. The van der Waals surface area contributed by atoms with E-state index >= 15 is 0 Å². The largest absolute Gasteiger partial charge is 0.388 e. The molecular weight excluding hydrogens is 312 g/mol. The van der Waals surface area contributed by atoms with Crippen LogP contribution in [0.15, 0.2) is 0 Å². The highest BCUT2D eigenvalue weighted by Gasteiger charge is 2.44. The topological polar surface area (TPSA) is 149 Å². The van der Waals surface area contributed by atoms with Gasteiger partial charge in [-0.05, 0) is 20.3 Å². The summed E-state index contributed by atoms with van der Waals surface area (Å²) in [6.07, 6.45) is -10.7. The summed E-state index contributed by atoms with van der Waals surface area (Å²) in [4.78, 5) is 0. The van der Waals surface area contributed by atoms with Crippen LogP contribution >= 0.6 is 0 Å². The van der Waals surface area contributed by atoms with Crippen LogP contribution in [0.1, 0.15) is 20.3 Å². The van der Waals surface area contributed by atoms with Crippen LogP contribution in [0.5, 0.6) is 0 Å². The van der Waals surface area contributed by atoms with Crippen molar-refractivity contribution in [2.24, 2.45) is 0 Å². The first kappa shape index (κ1) is 19.0. The predicted molar refractivity (Wildman–Crippen MR) is 75.3 cm³/mol. The van der Waals surface area contributed by atoms with Gasteiger partial charge in [0.15, 0.2) is 6.29 Å². The van der Waals surface area contributed by atoms with Crippen molar-refractivity contribution >= 4 is 0 Å². The Bertz CT molecular complexity index is 347. The van der Waals surface area contributed by atoms with E-state index in [1.54, 1.807) is 13.8 Å². The molecule has 2 heterocycles. The molecule has 23 heavy (non-hydrogen) atoms. The number of hydrogen-bond donors (Lipinski definition) is 6. The fourth-order valence-electron chi connectivity index (χ4n) is 2.83. The molecule has 2 aliphatic heterocycles. The lowest BCUT2D eigenvalue weighted by atomic mass is 9.94. The average Bonchev–Trinajstić information content (AvgIpc) is 2.52. The van der Waals surface area contributed by atoms with E-state index in [9.17, 15) is 30.6 Å². The summed E-state index contributed by atoms with van der Waals surface area (Å²) in [5, 5.41) is 58.3. The molecule has 0 aromatic carbocycles. The van der Waals surface area contributed by atoms with Crippen molar-refractivity contribution in [3.8, 4) is 0 Å². The predicted octanol–water partition coefficient (Wildman–Crippen LogP) is -2.91. The van der Waals surface area contributed by atoms with Crippen LogP contribution in [0, 0.1) is 0 Å². The lowest BCUT2D eigenvalue weighted by molar-refractivity contribution is -0.296. The normalized spacial score (nSPS) is 51.7. The number of aliphatic hydroxyl groups excluding tert-OH is 6. The molecule has 0 spiro atoms. The Hall–Kier alpha value is -0.360. The average molecular weight is 338 g/mol. The summed E-state index contributed by atoms with van der Waals surface area (Å²) in [7, 11) is 0. The highest BCUT2D eigenvalue weighted by Crippen LogP contribution is 2.25. The molecule has 0 amide bonds. The van der Waals surface area contributed by atoms with Gasteiger partial charge in [0, 0.05) is 0 Å². The molecule has 2 fully saturated rings. The molecule has 9 nitrogen and oxygen atoms in total. The van der Waals surface area contributed by atoms with Gasteiger partial charge in [-0.15, -0.1) is 0 Å². The quantitative estimate of drug-likeness (QED) is 0.317. The fourth-order valence-corrected chi connectivity index (χ4v) is 2.83. The standard InChI is InChI=1S/C14H26O9/c1-5-8(15)11(18)10(17)7(22-5)3-4-21-14-13(20)12(19)9(16)6(2)23-14/h5-20H,3-4H2,1-2H3. The fraction of sp³-hybridized carbons (Fsp3) is 1.00. The number of rotatable bonds is 4. The van der Waals surface area contributed by atoms with Crippen molar-refractivity contribution in [3.63, 3.8) is 0 Å². The maximum absolute atomic E-state index is 9.89. The molecule has 0 aromatic rings. The Morgan fingerprint density at radius 2 is 1.22 bits per heavy atom. The van der Waals surface area contributed by atoms with Crippen molar-refractivity contribution in [2.45, 2.75) is 81.5 Å². The van der Waals surface area contributed by atoms with Crippen LogP contribution in [-0.2, 0) is 14.2 Å². The van der Waals surface area contributed by atoms with Crippen LogP contribution in [-0.4, -0.2) is 98.5 Å². The molecule has 10 unspecified atom stereocenters. The van der Waals surface area contributed by atoms with Gasteiger partial charge in [0.25, 0.3) is 0 Å². The molecular formula is C14H26O9. The molecule has 0 aliphatic carbocycles. The lowest BCUT2D eigenvalue weighted by Crippen LogP contribution is -2.58. The van der Waals surface area contributed by atoms with E-state index in [0.717, 1.165) is 0 Å². The van der Waals surface area contributed by atoms with E-state index in [1.807, 2.05) is 0 Å². The maximum atomic E-state index is 9.89. The van der Waals surface area contributed by atoms with Crippen LogP contribution < -0.4 is 0 Å². The molecule has 2 aliphatic rings. The first-order valence-electron chi connectivity index (χ1n) is 7.75. The van der Waals surface area contributed by atoms with Gasteiger partial charge in [-0.3, -0.25) is 0 Å². The molecule has 9 heteroatoms. The molecule has 0 bridgehead atoms. The SMILES string of the molecule is CC1OC(CCOC2OC(C)C(O)C(O)C2O)C(O)C(O)C1O. The summed E-state index contributed by atoms with van der Waals surface area (Å²) >= 11 is 0. The van der Waals surface area contributed by atoms with Crippen molar-refractivity contribution in [2.75, 3.05) is 6.61 Å². The van der Waals surface area contributed by atoms with Crippen LogP contribution in [0.2, 0.25) is 0 Å². The highest BCUT2D eigenvalue weighted by atomic mass is 16.7. The van der Waals surface area contributed by atoms with E-state index in [4.69, 9.17) is 14.2 Å². The zero-order valence-corrected chi connectivity index (χ0v) is 13.1. The van der Waals surface area contributed by atoms with Gasteiger partial charge in [-0.1, -0.05) is 0 Å². The minimum absolute atomic E-state index is 0.0223. The lowest BCUT2D eigenvalue weighted by Gasteiger charge is -2.40. The Morgan fingerprint density at radius 3 is 1.83 bits per heavy atom. The van der Waals surface area contributed by atoms with E-state index in [-0.39, 0.29) is 13.0 Å². The highest BCUT2D eigenvalue weighted by molar-refractivity contribution is 4.91. The van der Waals surface area contributed by atoms with E-state index < -0.39 is 61.2 Å². The Kier molecular flexibility index (Phi) is 6.34. The van der Waals surface area contributed by atoms with E-state index in [1.165, 1.54) is 0 Å². The second kappa shape index (κ2) is 7.68. The Labute approximate surface area is 134 Å². The first-order chi connectivity index (χ1) is 10.7. The van der Waals surface area contributed by atoms with Crippen molar-refractivity contribution < 1.29 is 44.8 Å². The zero-order valence-electron chi connectivity index (χ0n) is 13.1. The number of aliphatic hydroxyl groups is 6. The second-order valence-electron chi connectivity index (χ2n) is 6.19. The molecule has 0 aromatic heterocycles. The molecule has 6 N–H and O–H groups in total. The van der Waals surface area contributed by atoms with Gasteiger partial charge in [0.1, 0.15) is 36.6 Å². The molecule has 136 valence electrons. The summed E-state index contributed by atoms with van der Waals surface area (Å²) in [6.45, 7) is 3.15. The van der Waals surface area contributed by atoms with E-state index in [0.29, 0.717) is 0 Å². The van der Waals surface area contributed by atoms with Gasteiger partial charge < -0.3 is 44.8 Å². The summed E-state index contributed by atoms with van der Waals surface area (Å²) in [5.74, 6) is 0. The molecule has 10 atom stereocenters. The van der Waals surface area contributed by atoms with Crippen molar-refractivity contribution in [1.29, 1.82) is 0 Å². The van der Waals surface area contributed by atoms with Crippen molar-refractivity contribution in [3.05, 3.63) is 0 Å². The van der Waals surface area contributed by atoms with Gasteiger partial charge in [0.05, 0.1) is 24.9 Å². The molecule has 2 saturated heterocycles. The third-order valence-electron chi connectivity index (χ3n) is 4.44. The first-order valence-corrected chi connectivity index (χ1v) is 7.75. The second-order valence-corrected chi connectivity index (χ2v) is 6.19. The molecule has 0 saturated carbocycles. The minimum atomic E-state index is -1.40. The summed E-state index contributed by atoms with van der Waals surface area (Å²) in [6, 6.07) is 0. The molecule has 0 radical (unpaired) electrons. The number of hydrogen-bond acceptors (Lipinski definition) is 9. The molecule has 2 rings (SSSR count). The van der Waals surface area contributed by atoms with Gasteiger partial charge >= 0.3 is 0 Å². The smallest absolute Gasteiger partial charge is 0.186 e. The van der Waals surface area contributed by atoms with Crippen LogP contribution in [0.4, 0.5) is 0 Å². The van der Waals surface area contributed by atoms with Gasteiger partial charge in [-0.2, -0.15) is 0 Å². The maximum Gasteiger partial charge on any atom is 0.186 e. The van der Waals surface area contributed by atoms with Gasteiger partial charge in [-0.25, -0.2) is 0 Å².